The molecule has 0 saturated carbocycles. The first-order valence-corrected chi connectivity index (χ1v) is 8.19. The molecule has 4 rings (SSSR count). The molecule has 3 heteroatoms. The van der Waals surface area contributed by atoms with Crippen LogP contribution in [0.25, 0.3) is 0 Å². The summed E-state index contributed by atoms with van der Waals surface area (Å²) in [7, 11) is 0. The molecule has 3 aromatic carbocycles. The molecule has 122 valence electrons. The first kappa shape index (κ1) is 15.2. The van der Waals surface area contributed by atoms with Gasteiger partial charge in [0.25, 0.3) is 0 Å². The summed E-state index contributed by atoms with van der Waals surface area (Å²) in [4.78, 5) is 4.54. The number of nitrogen functional groups attached to an aromatic ring is 1. The van der Waals surface area contributed by atoms with E-state index in [-0.39, 0.29) is 0 Å². The fourth-order valence-corrected chi connectivity index (χ4v) is 3.39. The fraction of sp³-hybridized carbons (Fsp3) is 0.0455. The molecule has 1 heterocycles. The number of oxazole rings is 1. The Kier molecular flexibility index (Phi) is 3.82. The van der Waals surface area contributed by atoms with E-state index in [0.717, 1.165) is 22.4 Å². The molecule has 0 saturated heterocycles. The van der Waals surface area contributed by atoms with Gasteiger partial charge in [0.1, 0.15) is 11.7 Å². The number of benzene rings is 3. The molecule has 0 unspecified atom stereocenters. The topological polar surface area (TPSA) is 52.0 Å². The van der Waals surface area contributed by atoms with E-state index in [1.54, 1.807) is 12.5 Å². The van der Waals surface area contributed by atoms with Crippen molar-refractivity contribution in [3.63, 3.8) is 0 Å². The Hall–Kier alpha value is -3.33. The summed E-state index contributed by atoms with van der Waals surface area (Å²) in [5.74, 6) is 0.634. The first-order valence-electron chi connectivity index (χ1n) is 8.19. The Bertz CT molecular complexity index is 891. The number of rotatable bonds is 4. The smallest absolute Gasteiger partial charge is 0.213 e. The largest absolute Gasteiger partial charge is 0.447 e. The van der Waals surface area contributed by atoms with Crippen molar-refractivity contribution in [1.29, 1.82) is 0 Å². The summed E-state index contributed by atoms with van der Waals surface area (Å²) in [5.41, 5.74) is 9.25. The van der Waals surface area contributed by atoms with Crippen LogP contribution in [0.15, 0.2) is 102 Å². The Morgan fingerprint density at radius 3 is 1.68 bits per heavy atom. The van der Waals surface area contributed by atoms with E-state index in [1.165, 1.54) is 0 Å². The minimum absolute atomic E-state index is 0.634. The van der Waals surface area contributed by atoms with Crippen LogP contribution >= 0.6 is 0 Å². The third-order valence-corrected chi connectivity index (χ3v) is 4.51. The Morgan fingerprint density at radius 2 is 1.20 bits per heavy atom. The van der Waals surface area contributed by atoms with Crippen LogP contribution in [0.3, 0.4) is 0 Å². The molecule has 0 fully saturated rings. The van der Waals surface area contributed by atoms with E-state index < -0.39 is 5.41 Å². The second-order valence-corrected chi connectivity index (χ2v) is 5.94. The van der Waals surface area contributed by atoms with Crippen molar-refractivity contribution in [1.82, 2.24) is 4.98 Å². The lowest BCUT2D eigenvalue weighted by atomic mass is 9.69. The van der Waals surface area contributed by atoms with Gasteiger partial charge >= 0.3 is 0 Å². The SMILES string of the molecule is Nc1ccc(C(c2ccccc2)(c2ccccc2)c2ncco2)cc1. The van der Waals surface area contributed by atoms with Crippen LogP contribution in [0.5, 0.6) is 0 Å². The molecule has 25 heavy (non-hydrogen) atoms. The summed E-state index contributed by atoms with van der Waals surface area (Å²) in [6.45, 7) is 0. The molecule has 0 aliphatic carbocycles. The molecule has 2 N–H and O–H groups in total. The summed E-state index contributed by atoms with van der Waals surface area (Å²) in [6, 6.07) is 28.5. The third-order valence-electron chi connectivity index (χ3n) is 4.51. The number of aromatic nitrogens is 1. The number of hydrogen-bond acceptors (Lipinski definition) is 3. The van der Waals surface area contributed by atoms with E-state index >= 15 is 0 Å². The maximum absolute atomic E-state index is 5.93. The maximum atomic E-state index is 5.93. The molecule has 3 nitrogen and oxygen atoms in total. The van der Waals surface area contributed by atoms with Crippen LogP contribution in [0, 0.1) is 0 Å². The van der Waals surface area contributed by atoms with Crippen molar-refractivity contribution in [2.45, 2.75) is 5.41 Å². The van der Waals surface area contributed by atoms with Crippen molar-refractivity contribution in [2.24, 2.45) is 0 Å². The van der Waals surface area contributed by atoms with Crippen molar-refractivity contribution in [2.75, 3.05) is 5.73 Å². The molecule has 0 spiro atoms. The highest BCUT2D eigenvalue weighted by molar-refractivity contribution is 5.57. The number of nitrogens with two attached hydrogens (primary N) is 1. The van der Waals surface area contributed by atoms with Crippen LogP contribution in [0.4, 0.5) is 5.69 Å². The predicted molar refractivity (Wildman–Crippen MR) is 99.2 cm³/mol. The van der Waals surface area contributed by atoms with Gasteiger partial charge < -0.3 is 10.2 Å². The standard InChI is InChI=1S/C22H18N2O/c23-20-13-11-19(12-14-20)22(21-24-15-16-25-21,17-7-3-1-4-8-17)18-9-5-2-6-10-18/h1-16H,23H2. The lowest BCUT2D eigenvalue weighted by Gasteiger charge is -2.33. The second kappa shape index (κ2) is 6.29. The number of hydrogen-bond donors (Lipinski definition) is 1. The van der Waals surface area contributed by atoms with E-state index in [9.17, 15) is 0 Å². The number of anilines is 1. The van der Waals surface area contributed by atoms with E-state index in [2.05, 4.69) is 29.2 Å². The van der Waals surface area contributed by atoms with Crippen molar-refractivity contribution < 1.29 is 4.42 Å². The monoisotopic (exact) mass is 326 g/mol. The van der Waals surface area contributed by atoms with Gasteiger partial charge in [-0.05, 0) is 28.8 Å². The van der Waals surface area contributed by atoms with Crippen molar-refractivity contribution in [3.05, 3.63) is 120 Å². The minimum Gasteiger partial charge on any atom is -0.447 e. The predicted octanol–water partition coefficient (Wildman–Crippen LogP) is 4.64. The Balaban J connectivity index is 2.11. The average Bonchev–Trinajstić information content (AvgIpc) is 3.21. The lowest BCUT2D eigenvalue weighted by Crippen LogP contribution is -2.31. The van der Waals surface area contributed by atoms with Gasteiger partial charge in [0.15, 0.2) is 0 Å². The summed E-state index contributed by atoms with van der Waals surface area (Å²) in [6.07, 6.45) is 3.31. The van der Waals surface area contributed by atoms with Gasteiger partial charge in [0.2, 0.25) is 5.89 Å². The van der Waals surface area contributed by atoms with Gasteiger partial charge in [0.05, 0.1) is 6.20 Å². The van der Waals surface area contributed by atoms with E-state index in [4.69, 9.17) is 10.2 Å². The molecule has 0 atom stereocenters. The van der Waals surface area contributed by atoms with Gasteiger partial charge in [-0.25, -0.2) is 4.98 Å². The summed E-state index contributed by atoms with van der Waals surface area (Å²) < 4.78 is 5.85. The van der Waals surface area contributed by atoms with Crippen LogP contribution in [-0.2, 0) is 5.41 Å². The van der Waals surface area contributed by atoms with Gasteiger partial charge in [-0.15, -0.1) is 0 Å². The van der Waals surface area contributed by atoms with Crippen LogP contribution in [-0.4, -0.2) is 4.98 Å². The molecule has 4 aromatic rings. The van der Waals surface area contributed by atoms with Gasteiger partial charge in [0, 0.05) is 5.69 Å². The maximum Gasteiger partial charge on any atom is 0.213 e. The van der Waals surface area contributed by atoms with Crippen LogP contribution in [0.1, 0.15) is 22.6 Å². The molecule has 0 aliphatic heterocycles. The van der Waals surface area contributed by atoms with Crippen molar-refractivity contribution >= 4 is 5.69 Å². The van der Waals surface area contributed by atoms with E-state index in [1.807, 2.05) is 60.7 Å². The highest BCUT2D eigenvalue weighted by atomic mass is 16.3. The molecular formula is C22H18N2O. The van der Waals surface area contributed by atoms with Gasteiger partial charge in [-0.3, -0.25) is 0 Å². The lowest BCUT2D eigenvalue weighted by molar-refractivity contribution is 0.445. The molecule has 0 bridgehead atoms. The normalized spacial score (nSPS) is 11.4. The second-order valence-electron chi connectivity index (χ2n) is 5.94. The fourth-order valence-electron chi connectivity index (χ4n) is 3.39. The minimum atomic E-state index is -0.639. The average molecular weight is 326 g/mol. The molecule has 0 radical (unpaired) electrons. The number of nitrogens with zero attached hydrogens (tertiary/aromatic N) is 1. The van der Waals surface area contributed by atoms with Crippen molar-refractivity contribution in [3.8, 4) is 0 Å². The molecule has 1 aromatic heterocycles. The first-order chi connectivity index (χ1) is 12.3. The van der Waals surface area contributed by atoms with Gasteiger partial charge in [-0.1, -0.05) is 72.8 Å². The summed E-state index contributed by atoms with van der Waals surface area (Å²) >= 11 is 0. The Morgan fingerprint density at radius 1 is 0.680 bits per heavy atom. The Labute approximate surface area is 146 Å². The highest BCUT2D eigenvalue weighted by Crippen LogP contribution is 2.44. The third kappa shape index (κ3) is 2.50. The zero-order valence-electron chi connectivity index (χ0n) is 13.7. The highest BCUT2D eigenvalue weighted by Gasteiger charge is 2.42. The molecule has 0 aliphatic rings. The van der Waals surface area contributed by atoms with Crippen LogP contribution in [0.2, 0.25) is 0 Å². The molecule has 0 amide bonds. The zero-order chi connectivity index (χ0) is 17.1. The summed E-state index contributed by atoms with van der Waals surface area (Å²) in [5, 5.41) is 0. The van der Waals surface area contributed by atoms with Crippen LogP contribution < -0.4 is 5.73 Å². The van der Waals surface area contributed by atoms with E-state index in [0.29, 0.717) is 5.89 Å². The quantitative estimate of drug-likeness (QED) is 0.439. The molecular weight excluding hydrogens is 308 g/mol. The zero-order valence-corrected chi connectivity index (χ0v) is 13.7. The van der Waals surface area contributed by atoms with Gasteiger partial charge in [-0.2, -0.15) is 0 Å².